The number of rotatable bonds is 2. The van der Waals surface area contributed by atoms with E-state index in [0.717, 1.165) is 0 Å². The Morgan fingerprint density at radius 1 is 0.800 bits per heavy atom. The molecule has 0 aromatic carbocycles. The van der Waals surface area contributed by atoms with Crippen molar-refractivity contribution in [2.45, 2.75) is 12.4 Å². The standard InChI is InChI=1S/C4F6O4S/c5-3(6,7)1(11)13-15-14-2(12)4(8,9)10. The van der Waals surface area contributed by atoms with Crippen LogP contribution in [0.3, 0.4) is 0 Å². The van der Waals surface area contributed by atoms with Gasteiger partial charge in [0.2, 0.25) is 0 Å². The third-order valence-electron chi connectivity index (χ3n) is 0.682. The van der Waals surface area contributed by atoms with Crippen LogP contribution in [0.2, 0.25) is 0 Å². The smallest absolute Gasteiger partial charge is 0.347 e. The summed E-state index contributed by atoms with van der Waals surface area (Å²) >= 11 is -1.02. The molecule has 0 aliphatic rings. The summed E-state index contributed by atoms with van der Waals surface area (Å²) < 4.78 is 74.3. The van der Waals surface area contributed by atoms with E-state index in [1.54, 1.807) is 0 Å². The number of hydrogen-bond donors (Lipinski definition) is 0. The van der Waals surface area contributed by atoms with Gasteiger partial charge in [-0.25, -0.2) is 9.59 Å². The lowest BCUT2D eigenvalue weighted by Gasteiger charge is -2.05. The Labute approximate surface area is 81.9 Å². The molecule has 0 aliphatic carbocycles. The average Bonchev–Trinajstić information content (AvgIpc) is 2.00. The molecule has 0 aromatic heterocycles. The van der Waals surface area contributed by atoms with Gasteiger partial charge in [-0.3, -0.25) is 0 Å². The van der Waals surface area contributed by atoms with Gasteiger partial charge in [0.25, 0.3) is 12.3 Å². The third kappa shape index (κ3) is 5.34. The van der Waals surface area contributed by atoms with E-state index in [4.69, 9.17) is 0 Å². The van der Waals surface area contributed by atoms with Crippen molar-refractivity contribution < 1.29 is 44.3 Å². The van der Waals surface area contributed by atoms with Crippen molar-refractivity contribution in [2.24, 2.45) is 0 Å². The maximum Gasteiger partial charge on any atom is 0.492 e. The van der Waals surface area contributed by atoms with Crippen LogP contribution in [-0.4, -0.2) is 24.3 Å². The maximum atomic E-state index is 11.4. The number of carbonyl (C=O) groups is 2. The van der Waals surface area contributed by atoms with Crippen molar-refractivity contribution in [3.8, 4) is 0 Å². The highest BCUT2D eigenvalue weighted by atomic mass is 32.2. The van der Waals surface area contributed by atoms with Crippen molar-refractivity contribution in [3.63, 3.8) is 0 Å². The minimum Gasteiger partial charge on any atom is -0.347 e. The zero-order valence-electron chi connectivity index (χ0n) is 6.31. The third-order valence-corrected chi connectivity index (χ3v) is 1.12. The van der Waals surface area contributed by atoms with E-state index in [-0.39, 0.29) is 0 Å². The van der Waals surface area contributed by atoms with E-state index in [0.29, 0.717) is 0 Å². The molecule has 0 N–H and O–H groups in total. The van der Waals surface area contributed by atoms with Crippen LogP contribution >= 0.6 is 12.3 Å². The lowest BCUT2D eigenvalue weighted by Crippen LogP contribution is -2.26. The number of alkyl halides is 6. The van der Waals surface area contributed by atoms with E-state index in [1.807, 2.05) is 0 Å². The predicted molar refractivity (Wildman–Crippen MR) is 31.9 cm³/mol. The fraction of sp³-hybridized carbons (Fsp3) is 0.500. The molecular weight excluding hydrogens is 258 g/mol. The highest BCUT2D eigenvalue weighted by Gasteiger charge is 2.44. The monoisotopic (exact) mass is 258 g/mol. The van der Waals surface area contributed by atoms with Gasteiger partial charge in [-0.15, -0.1) is 0 Å². The van der Waals surface area contributed by atoms with Gasteiger partial charge >= 0.3 is 24.3 Å². The molecule has 0 radical (unpaired) electrons. The first-order valence-electron chi connectivity index (χ1n) is 2.78. The van der Waals surface area contributed by atoms with Gasteiger partial charge in [-0.05, 0) is 0 Å². The molecule has 0 saturated heterocycles. The van der Waals surface area contributed by atoms with Crippen LogP contribution in [0.15, 0.2) is 0 Å². The number of carbonyl (C=O) groups excluding carboxylic acids is 2. The Hall–Kier alpha value is -1.13. The fourth-order valence-corrected chi connectivity index (χ4v) is 0.520. The van der Waals surface area contributed by atoms with Crippen molar-refractivity contribution in [2.75, 3.05) is 0 Å². The molecule has 0 saturated carbocycles. The molecule has 0 unspecified atom stereocenters. The molecule has 15 heavy (non-hydrogen) atoms. The topological polar surface area (TPSA) is 52.6 Å². The molecule has 4 nitrogen and oxygen atoms in total. The summed E-state index contributed by atoms with van der Waals surface area (Å²) in [4.78, 5) is 19.7. The Balaban J connectivity index is 3.92. The van der Waals surface area contributed by atoms with E-state index < -0.39 is 36.6 Å². The SMILES string of the molecule is O=C(OSOC(=O)C(F)(F)F)C(F)(F)F. The minimum absolute atomic E-state index is 1.02. The van der Waals surface area contributed by atoms with Crippen LogP contribution < -0.4 is 0 Å². The van der Waals surface area contributed by atoms with Crippen molar-refractivity contribution in [1.29, 1.82) is 0 Å². The maximum absolute atomic E-state index is 11.4. The second-order valence-electron chi connectivity index (χ2n) is 1.81. The van der Waals surface area contributed by atoms with E-state index in [2.05, 4.69) is 8.37 Å². The Bertz CT molecular complexity index is 231. The van der Waals surface area contributed by atoms with Crippen LogP contribution in [0.5, 0.6) is 0 Å². The second kappa shape index (κ2) is 4.59. The summed E-state index contributed by atoms with van der Waals surface area (Å²) in [5, 5.41) is 0. The van der Waals surface area contributed by atoms with E-state index in [9.17, 15) is 35.9 Å². The zero-order chi connectivity index (χ0) is 12.3. The van der Waals surface area contributed by atoms with E-state index in [1.165, 1.54) is 0 Å². The average molecular weight is 258 g/mol. The van der Waals surface area contributed by atoms with Gasteiger partial charge in [0.15, 0.2) is 0 Å². The summed E-state index contributed by atoms with van der Waals surface area (Å²) in [6, 6.07) is 0. The quantitative estimate of drug-likeness (QED) is 0.558. The number of halogens is 6. The molecule has 0 heterocycles. The van der Waals surface area contributed by atoms with Crippen molar-refractivity contribution >= 4 is 24.3 Å². The summed E-state index contributed by atoms with van der Waals surface area (Å²) in [5.74, 6) is -5.58. The zero-order valence-corrected chi connectivity index (χ0v) is 7.13. The molecule has 0 fully saturated rings. The first kappa shape index (κ1) is 13.9. The van der Waals surface area contributed by atoms with Gasteiger partial charge in [0.05, 0.1) is 0 Å². The Morgan fingerprint density at radius 3 is 1.27 bits per heavy atom. The molecule has 88 valence electrons. The van der Waals surface area contributed by atoms with Crippen LogP contribution in [0, 0.1) is 0 Å². The van der Waals surface area contributed by atoms with Crippen molar-refractivity contribution in [3.05, 3.63) is 0 Å². The Morgan fingerprint density at radius 2 is 1.07 bits per heavy atom. The van der Waals surface area contributed by atoms with Crippen LogP contribution in [0.25, 0.3) is 0 Å². The predicted octanol–water partition coefficient (Wildman–Crippen LogP) is 1.76. The minimum atomic E-state index is -5.38. The first-order chi connectivity index (χ1) is 6.55. The molecular formula is C4F6O4S. The lowest BCUT2D eigenvalue weighted by molar-refractivity contribution is -0.192. The highest BCUT2D eigenvalue weighted by Crippen LogP contribution is 2.23. The van der Waals surface area contributed by atoms with Gasteiger partial charge < -0.3 is 8.37 Å². The summed E-state index contributed by atoms with van der Waals surface area (Å²) in [6.07, 6.45) is -10.8. The largest absolute Gasteiger partial charge is 0.492 e. The van der Waals surface area contributed by atoms with Gasteiger partial charge in [0.1, 0.15) is 0 Å². The lowest BCUT2D eigenvalue weighted by atomic mass is 10.7. The van der Waals surface area contributed by atoms with Crippen LogP contribution in [0.1, 0.15) is 0 Å². The molecule has 0 aromatic rings. The van der Waals surface area contributed by atoms with E-state index >= 15 is 0 Å². The molecule has 0 atom stereocenters. The summed E-state index contributed by atoms with van der Waals surface area (Å²) in [7, 11) is 0. The molecule has 0 amide bonds. The number of hydrogen-bond acceptors (Lipinski definition) is 5. The molecule has 0 bridgehead atoms. The molecule has 0 rings (SSSR count). The molecule has 11 heteroatoms. The molecule has 0 aliphatic heterocycles. The summed E-state index contributed by atoms with van der Waals surface area (Å²) in [6.45, 7) is 0. The summed E-state index contributed by atoms with van der Waals surface area (Å²) in [5.41, 5.74) is 0. The normalized spacial score (nSPS) is 12.1. The van der Waals surface area contributed by atoms with Crippen LogP contribution in [-0.2, 0) is 18.0 Å². The fourth-order valence-electron chi connectivity index (χ4n) is 0.173. The van der Waals surface area contributed by atoms with Gasteiger partial charge in [0, 0.05) is 0 Å². The van der Waals surface area contributed by atoms with Crippen LogP contribution in [0.4, 0.5) is 26.3 Å². The van der Waals surface area contributed by atoms with Gasteiger partial charge in [-0.2, -0.15) is 26.3 Å². The van der Waals surface area contributed by atoms with Crippen molar-refractivity contribution in [1.82, 2.24) is 0 Å². The van der Waals surface area contributed by atoms with Gasteiger partial charge in [-0.1, -0.05) is 0 Å². The Kier molecular flexibility index (Phi) is 4.25. The molecule has 0 spiro atoms. The second-order valence-corrected chi connectivity index (χ2v) is 2.27. The first-order valence-corrected chi connectivity index (χ1v) is 3.45. The highest BCUT2D eigenvalue weighted by molar-refractivity contribution is 7.90.